The number of nitrogens with zero attached hydrogens (tertiary/aromatic N) is 2. The highest BCUT2D eigenvalue weighted by Gasteiger charge is 2.26. The predicted molar refractivity (Wildman–Crippen MR) is 132 cm³/mol. The van der Waals surface area contributed by atoms with Gasteiger partial charge in [-0.3, -0.25) is 4.79 Å². The first kappa shape index (κ1) is 24.9. The predicted octanol–water partition coefficient (Wildman–Crippen LogP) is 5.22. The smallest absolute Gasteiger partial charge is 0.253 e. The van der Waals surface area contributed by atoms with Crippen LogP contribution >= 0.6 is 11.6 Å². The van der Waals surface area contributed by atoms with E-state index in [1.165, 1.54) is 0 Å². The Hall–Kier alpha value is -3.23. The third kappa shape index (κ3) is 5.39. The molecule has 1 fully saturated rings. The first-order valence-corrected chi connectivity index (χ1v) is 11.7. The van der Waals surface area contributed by atoms with Gasteiger partial charge in [-0.25, -0.2) is 13.8 Å². The molecule has 0 spiro atoms. The van der Waals surface area contributed by atoms with Crippen molar-refractivity contribution in [3.8, 4) is 16.9 Å². The van der Waals surface area contributed by atoms with Crippen molar-refractivity contribution < 1.29 is 18.3 Å². The second kappa shape index (κ2) is 10.2. The first-order chi connectivity index (χ1) is 16.6. The SMILES string of the molecule is CC(Oc1cc(-c2cccc(C(=O)N3C[C@@H](C)N[C@@H](C)C3)c2)cnc1N)c1c(F)ccc(F)c1Cl. The summed E-state index contributed by atoms with van der Waals surface area (Å²) < 4.78 is 34.1. The molecule has 0 saturated carbocycles. The number of pyridine rings is 1. The molecule has 1 aliphatic rings. The molecule has 0 bridgehead atoms. The number of ether oxygens (including phenoxy) is 1. The highest BCUT2D eigenvalue weighted by atomic mass is 35.5. The minimum Gasteiger partial charge on any atom is -0.482 e. The van der Waals surface area contributed by atoms with E-state index < -0.39 is 17.7 Å². The van der Waals surface area contributed by atoms with Crippen LogP contribution < -0.4 is 15.8 Å². The Morgan fingerprint density at radius 2 is 1.83 bits per heavy atom. The monoisotopic (exact) mass is 500 g/mol. The summed E-state index contributed by atoms with van der Waals surface area (Å²) in [5, 5.41) is 3.08. The maximum atomic E-state index is 14.3. The summed E-state index contributed by atoms with van der Waals surface area (Å²) in [6.07, 6.45) is 0.642. The summed E-state index contributed by atoms with van der Waals surface area (Å²) in [4.78, 5) is 19.2. The largest absolute Gasteiger partial charge is 0.482 e. The Morgan fingerprint density at radius 3 is 2.54 bits per heavy atom. The molecule has 1 unspecified atom stereocenters. The third-order valence-electron chi connectivity index (χ3n) is 5.96. The number of anilines is 1. The summed E-state index contributed by atoms with van der Waals surface area (Å²) in [7, 11) is 0. The number of carbonyl (C=O) groups is 1. The van der Waals surface area contributed by atoms with E-state index in [0.717, 1.165) is 17.7 Å². The summed E-state index contributed by atoms with van der Waals surface area (Å²) in [5.74, 6) is -1.19. The molecule has 6 nitrogen and oxygen atoms in total. The van der Waals surface area contributed by atoms with Crippen molar-refractivity contribution in [1.29, 1.82) is 0 Å². The van der Waals surface area contributed by atoms with Crippen LogP contribution in [-0.2, 0) is 0 Å². The van der Waals surface area contributed by atoms with Crippen LogP contribution in [-0.4, -0.2) is 41.0 Å². The quantitative estimate of drug-likeness (QED) is 0.469. The molecule has 2 aromatic carbocycles. The molecule has 3 aromatic rings. The Morgan fingerprint density at radius 1 is 1.14 bits per heavy atom. The molecular formula is C26H27ClF2N4O2. The lowest BCUT2D eigenvalue weighted by Crippen LogP contribution is -2.55. The molecule has 2 heterocycles. The number of hydrogen-bond donors (Lipinski definition) is 2. The van der Waals surface area contributed by atoms with Crippen LogP contribution in [0.25, 0.3) is 11.1 Å². The molecule has 184 valence electrons. The van der Waals surface area contributed by atoms with Gasteiger partial charge in [0.1, 0.15) is 17.7 Å². The van der Waals surface area contributed by atoms with Crippen LogP contribution in [0.3, 0.4) is 0 Å². The van der Waals surface area contributed by atoms with Gasteiger partial charge in [0.2, 0.25) is 0 Å². The molecule has 1 aromatic heterocycles. The molecule has 3 atom stereocenters. The molecule has 1 saturated heterocycles. The fourth-order valence-corrected chi connectivity index (χ4v) is 4.69. The fraction of sp³-hybridized carbons (Fsp3) is 0.308. The van der Waals surface area contributed by atoms with Crippen molar-refractivity contribution in [2.45, 2.75) is 39.0 Å². The van der Waals surface area contributed by atoms with E-state index in [1.54, 1.807) is 37.4 Å². The normalized spacial score (nSPS) is 18.9. The Balaban J connectivity index is 1.60. The van der Waals surface area contributed by atoms with E-state index in [1.807, 2.05) is 11.0 Å². The van der Waals surface area contributed by atoms with Crippen LogP contribution in [0.5, 0.6) is 5.75 Å². The highest BCUT2D eigenvalue weighted by Crippen LogP contribution is 2.35. The number of hydrogen-bond acceptors (Lipinski definition) is 5. The average molecular weight is 501 g/mol. The molecule has 4 rings (SSSR count). The van der Waals surface area contributed by atoms with Gasteiger partial charge in [-0.05, 0) is 56.7 Å². The van der Waals surface area contributed by atoms with Gasteiger partial charge in [0.15, 0.2) is 11.6 Å². The second-order valence-electron chi connectivity index (χ2n) is 8.88. The fourth-order valence-electron chi connectivity index (χ4n) is 4.38. The van der Waals surface area contributed by atoms with Gasteiger partial charge in [-0.15, -0.1) is 0 Å². The Kier molecular flexibility index (Phi) is 7.23. The van der Waals surface area contributed by atoms with Gasteiger partial charge in [0.05, 0.1) is 5.02 Å². The zero-order chi connectivity index (χ0) is 25.3. The number of benzene rings is 2. The van der Waals surface area contributed by atoms with Gasteiger partial charge in [0, 0.05) is 48.1 Å². The third-order valence-corrected chi connectivity index (χ3v) is 6.34. The number of aromatic nitrogens is 1. The molecule has 0 aliphatic carbocycles. The Labute approximate surface area is 208 Å². The van der Waals surface area contributed by atoms with E-state index in [4.69, 9.17) is 22.1 Å². The summed E-state index contributed by atoms with van der Waals surface area (Å²) in [6.45, 7) is 6.91. The molecule has 1 aliphatic heterocycles. The Bertz CT molecular complexity index is 1250. The minimum atomic E-state index is -0.929. The number of amides is 1. The number of piperazine rings is 1. The molecule has 3 N–H and O–H groups in total. The molecule has 0 radical (unpaired) electrons. The van der Waals surface area contributed by atoms with E-state index in [-0.39, 0.29) is 40.1 Å². The van der Waals surface area contributed by atoms with Crippen LogP contribution in [0.4, 0.5) is 14.6 Å². The lowest BCUT2D eigenvalue weighted by molar-refractivity contribution is 0.0674. The zero-order valence-electron chi connectivity index (χ0n) is 19.7. The van der Waals surface area contributed by atoms with Gasteiger partial charge < -0.3 is 20.7 Å². The number of nitrogens with one attached hydrogen (secondary N) is 1. The van der Waals surface area contributed by atoms with Crippen LogP contribution in [0.15, 0.2) is 48.7 Å². The first-order valence-electron chi connectivity index (χ1n) is 11.4. The standard InChI is InChI=1S/C26H27ClF2N4O2/c1-14-12-33(13-15(2)32-14)26(34)18-6-4-5-17(9-18)19-10-22(25(30)31-11-19)35-16(3)23-20(28)7-8-21(29)24(23)27/h4-11,14-16,32H,12-13H2,1-3H3,(H2,30,31)/t14-,15+,16?. The van der Waals surface area contributed by atoms with Gasteiger partial charge in [-0.1, -0.05) is 23.7 Å². The van der Waals surface area contributed by atoms with E-state index in [9.17, 15) is 13.6 Å². The average Bonchev–Trinajstić information content (AvgIpc) is 2.82. The highest BCUT2D eigenvalue weighted by molar-refractivity contribution is 6.31. The lowest BCUT2D eigenvalue weighted by Gasteiger charge is -2.36. The van der Waals surface area contributed by atoms with Crippen LogP contribution in [0.1, 0.15) is 42.8 Å². The molecular weight excluding hydrogens is 474 g/mol. The van der Waals surface area contributed by atoms with Crippen LogP contribution in [0.2, 0.25) is 5.02 Å². The van der Waals surface area contributed by atoms with Crippen molar-refractivity contribution in [2.24, 2.45) is 0 Å². The van der Waals surface area contributed by atoms with Gasteiger partial charge in [-0.2, -0.15) is 0 Å². The summed E-state index contributed by atoms with van der Waals surface area (Å²) in [5.41, 5.74) is 7.85. The van der Waals surface area contributed by atoms with Crippen molar-refractivity contribution in [1.82, 2.24) is 15.2 Å². The molecule has 35 heavy (non-hydrogen) atoms. The van der Waals surface area contributed by atoms with Crippen molar-refractivity contribution >= 4 is 23.3 Å². The number of nitrogen functional groups attached to an aromatic ring is 1. The van der Waals surface area contributed by atoms with Gasteiger partial charge in [0.25, 0.3) is 5.91 Å². The van der Waals surface area contributed by atoms with E-state index in [0.29, 0.717) is 24.2 Å². The second-order valence-corrected chi connectivity index (χ2v) is 9.26. The van der Waals surface area contributed by atoms with E-state index >= 15 is 0 Å². The van der Waals surface area contributed by atoms with Crippen molar-refractivity contribution in [3.63, 3.8) is 0 Å². The van der Waals surface area contributed by atoms with Gasteiger partial charge >= 0.3 is 0 Å². The molecule has 1 amide bonds. The number of carbonyl (C=O) groups excluding carboxylic acids is 1. The van der Waals surface area contributed by atoms with Crippen molar-refractivity contribution in [3.05, 3.63) is 76.4 Å². The zero-order valence-corrected chi connectivity index (χ0v) is 20.4. The minimum absolute atomic E-state index is 0.0447. The summed E-state index contributed by atoms with van der Waals surface area (Å²) in [6, 6.07) is 11.3. The number of rotatable bonds is 5. The maximum Gasteiger partial charge on any atom is 0.253 e. The maximum absolute atomic E-state index is 14.3. The van der Waals surface area contributed by atoms with E-state index in [2.05, 4.69) is 24.1 Å². The lowest BCUT2D eigenvalue weighted by atomic mass is 10.0. The summed E-state index contributed by atoms with van der Waals surface area (Å²) >= 11 is 5.97. The topological polar surface area (TPSA) is 80.5 Å². The number of halogens is 3. The number of nitrogens with two attached hydrogens (primary N) is 1. The van der Waals surface area contributed by atoms with Crippen LogP contribution in [0, 0.1) is 11.6 Å². The van der Waals surface area contributed by atoms with Crippen molar-refractivity contribution in [2.75, 3.05) is 18.8 Å². The molecule has 9 heteroatoms.